The number of aromatic nitrogens is 3. The van der Waals surface area contributed by atoms with Gasteiger partial charge in [0.25, 0.3) is 0 Å². The Balaban J connectivity index is 1.43. The Morgan fingerprint density at radius 2 is 2.04 bits per heavy atom. The molecule has 0 radical (unpaired) electrons. The molecule has 1 fully saturated rings. The van der Waals surface area contributed by atoms with Crippen LogP contribution in [0.25, 0.3) is 5.70 Å². The highest BCUT2D eigenvalue weighted by molar-refractivity contribution is 5.62. The minimum Gasteiger partial charge on any atom is -0.396 e. The summed E-state index contributed by atoms with van der Waals surface area (Å²) in [5, 5.41) is 8.41. The molecule has 27 heavy (non-hydrogen) atoms. The third-order valence-electron chi connectivity index (χ3n) is 4.80. The van der Waals surface area contributed by atoms with Gasteiger partial charge in [0.1, 0.15) is 17.3 Å². The molecule has 0 bridgehead atoms. The third kappa shape index (κ3) is 3.93. The van der Waals surface area contributed by atoms with Crippen LogP contribution in [0.3, 0.4) is 0 Å². The number of rotatable bonds is 4. The molecule has 1 atom stereocenters. The standard InChI is InChI=1S/C18H22F2N6O/c1-24-10-16(21)18-17(11-24)26(23-22-18)9-15-8-25(2-3-27-15)7-12-4-13(19)6-14(20)5-12/h4-6,10,15H,2-3,7-9,11,21H2,1H3. The van der Waals surface area contributed by atoms with Crippen LogP contribution in [0, 0.1) is 11.6 Å². The monoisotopic (exact) mass is 376 g/mol. The van der Waals surface area contributed by atoms with Crippen LogP contribution < -0.4 is 5.73 Å². The Hall–Kier alpha value is -2.52. The third-order valence-corrected chi connectivity index (χ3v) is 4.80. The zero-order valence-electron chi connectivity index (χ0n) is 15.1. The molecule has 4 rings (SSSR count). The molecule has 0 amide bonds. The van der Waals surface area contributed by atoms with Crippen molar-refractivity contribution in [3.8, 4) is 0 Å². The van der Waals surface area contributed by atoms with E-state index in [4.69, 9.17) is 10.5 Å². The number of nitrogens with two attached hydrogens (primary N) is 1. The quantitative estimate of drug-likeness (QED) is 0.864. The highest BCUT2D eigenvalue weighted by Crippen LogP contribution is 2.21. The smallest absolute Gasteiger partial charge is 0.135 e. The highest BCUT2D eigenvalue weighted by Gasteiger charge is 2.26. The van der Waals surface area contributed by atoms with E-state index < -0.39 is 11.6 Å². The maximum atomic E-state index is 13.4. The molecule has 7 nitrogen and oxygen atoms in total. The summed E-state index contributed by atoms with van der Waals surface area (Å²) in [6.45, 7) is 3.62. The molecule has 2 aromatic rings. The van der Waals surface area contributed by atoms with Crippen LogP contribution in [0.1, 0.15) is 17.0 Å². The fourth-order valence-corrected chi connectivity index (χ4v) is 3.63. The van der Waals surface area contributed by atoms with Gasteiger partial charge in [0.2, 0.25) is 0 Å². The van der Waals surface area contributed by atoms with E-state index >= 15 is 0 Å². The van der Waals surface area contributed by atoms with E-state index in [-0.39, 0.29) is 6.10 Å². The molecule has 1 unspecified atom stereocenters. The number of hydrogen-bond donors (Lipinski definition) is 1. The Bertz CT molecular complexity index is 847. The van der Waals surface area contributed by atoms with Gasteiger partial charge in [-0.05, 0) is 17.7 Å². The summed E-state index contributed by atoms with van der Waals surface area (Å²) in [7, 11) is 1.95. The van der Waals surface area contributed by atoms with Crippen molar-refractivity contribution in [3.63, 3.8) is 0 Å². The van der Waals surface area contributed by atoms with Gasteiger partial charge >= 0.3 is 0 Å². The summed E-state index contributed by atoms with van der Waals surface area (Å²) >= 11 is 0. The zero-order valence-corrected chi connectivity index (χ0v) is 15.1. The first-order chi connectivity index (χ1) is 13.0. The predicted octanol–water partition coefficient (Wildman–Crippen LogP) is 1.16. The van der Waals surface area contributed by atoms with E-state index in [1.165, 1.54) is 12.1 Å². The summed E-state index contributed by atoms with van der Waals surface area (Å²) < 4.78 is 34.5. The number of benzene rings is 1. The van der Waals surface area contributed by atoms with Crippen molar-refractivity contribution < 1.29 is 13.5 Å². The summed E-state index contributed by atoms with van der Waals surface area (Å²) in [4.78, 5) is 4.12. The number of fused-ring (bicyclic) bond motifs is 1. The van der Waals surface area contributed by atoms with Gasteiger partial charge in [-0.1, -0.05) is 5.21 Å². The lowest BCUT2D eigenvalue weighted by Gasteiger charge is -2.33. The SMILES string of the molecule is CN1C=C(N)c2nnn(CC3CN(Cc4cc(F)cc(F)c4)CCO3)c2C1. The first kappa shape index (κ1) is 17.9. The predicted molar refractivity (Wildman–Crippen MR) is 95.0 cm³/mol. The van der Waals surface area contributed by atoms with Crippen molar-refractivity contribution in [1.29, 1.82) is 0 Å². The molecular weight excluding hydrogens is 354 g/mol. The summed E-state index contributed by atoms with van der Waals surface area (Å²) in [5.74, 6) is -1.11. The molecule has 9 heteroatoms. The van der Waals surface area contributed by atoms with Crippen LogP contribution in [-0.2, 0) is 24.4 Å². The Labute approximate surface area is 156 Å². The number of nitrogens with zero attached hydrogens (tertiary/aromatic N) is 5. The number of morpholine rings is 1. The fourth-order valence-electron chi connectivity index (χ4n) is 3.63. The highest BCUT2D eigenvalue weighted by atomic mass is 19.1. The van der Waals surface area contributed by atoms with Crippen molar-refractivity contribution in [2.45, 2.75) is 25.7 Å². The van der Waals surface area contributed by atoms with Crippen LogP contribution >= 0.6 is 0 Å². The molecular formula is C18H22F2N6O. The second-order valence-electron chi connectivity index (χ2n) is 7.07. The number of hydrogen-bond acceptors (Lipinski definition) is 6. The largest absolute Gasteiger partial charge is 0.396 e. The lowest BCUT2D eigenvalue weighted by atomic mass is 10.1. The summed E-state index contributed by atoms with van der Waals surface area (Å²) in [6.07, 6.45) is 1.76. The minimum atomic E-state index is -0.557. The van der Waals surface area contributed by atoms with Gasteiger partial charge in [-0.2, -0.15) is 0 Å². The second kappa shape index (κ2) is 7.24. The molecule has 2 aliphatic heterocycles. The van der Waals surface area contributed by atoms with Crippen molar-refractivity contribution in [3.05, 3.63) is 53.0 Å². The summed E-state index contributed by atoms with van der Waals surface area (Å²) in [5.41, 5.74) is 8.92. The van der Waals surface area contributed by atoms with E-state index in [9.17, 15) is 8.78 Å². The van der Waals surface area contributed by atoms with Gasteiger partial charge in [-0.15, -0.1) is 5.10 Å². The van der Waals surface area contributed by atoms with E-state index in [0.29, 0.717) is 50.6 Å². The molecule has 2 N–H and O–H groups in total. The zero-order chi connectivity index (χ0) is 19.0. The van der Waals surface area contributed by atoms with Crippen LogP contribution in [-0.4, -0.2) is 57.6 Å². The van der Waals surface area contributed by atoms with E-state index in [1.807, 2.05) is 22.8 Å². The van der Waals surface area contributed by atoms with Gasteiger partial charge in [-0.25, -0.2) is 13.5 Å². The molecule has 1 aromatic heterocycles. The Morgan fingerprint density at radius 1 is 1.26 bits per heavy atom. The fraction of sp³-hybridized carbons (Fsp3) is 0.444. The topological polar surface area (TPSA) is 72.4 Å². The van der Waals surface area contributed by atoms with Crippen LogP contribution in [0.5, 0.6) is 0 Å². The second-order valence-corrected chi connectivity index (χ2v) is 7.07. The molecule has 1 saturated heterocycles. The van der Waals surface area contributed by atoms with Gasteiger partial charge in [0.15, 0.2) is 0 Å². The molecule has 0 aliphatic carbocycles. The lowest BCUT2D eigenvalue weighted by Crippen LogP contribution is -2.44. The van der Waals surface area contributed by atoms with E-state index in [0.717, 1.165) is 17.5 Å². The van der Waals surface area contributed by atoms with E-state index in [2.05, 4.69) is 15.2 Å². The molecule has 1 aromatic carbocycles. The van der Waals surface area contributed by atoms with Gasteiger partial charge in [0.05, 0.1) is 37.2 Å². The molecule has 2 aliphatic rings. The van der Waals surface area contributed by atoms with Gasteiger partial charge < -0.3 is 15.4 Å². The first-order valence-corrected chi connectivity index (χ1v) is 8.87. The lowest BCUT2D eigenvalue weighted by molar-refractivity contribution is -0.0409. The van der Waals surface area contributed by atoms with Crippen LogP contribution in [0.15, 0.2) is 24.4 Å². The number of ether oxygens (including phenoxy) is 1. The Kier molecular flexibility index (Phi) is 4.79. The normalized spacial score (nSPS) is 20.5. The van der Waals surface area contributed by atoms with Crippen LogP contribution in [0.2, 0.25) is 0 Å². The maximum absolute atomic E-state index is 13.4. The van der Waals surface area contributed by atoms with Gasteiger partial charge in [-0.3, -0.25) is 4.90 Å². The van der Waals surface area contributed by atoms with Crippen molar-refractivity contribution in [2.75, 3.05) is 26.7 Å². The average Bonchev–Trinajstić information content (AvgIpc) is 2.97. The summed E-state index contributed by atoms with van der Waals surface area (Å²) in [6, 6.07) is 3.62. The van der Waals surface area contributed by atoms with Crippen molar-refractivity contribution >= 4 is 5.70 Å². The Morgan fingerprint density at radius 3 is 2.81 bits per heavy atom. The van der Waals surface area contributed by atoms with Crippen LogP contribution in [0.4, 0.5) is 8.78 Å². The molecule has 144 valence electrons. The van der Waals surface area contributed by atoms with Gasteiger partial charge in [0, 0.05) is 38.9 Å². The molecule has 3 heterocycles. The van der Waals surface area contributed by atoms with Crippen molar-refractivity contribution in [2.24, 2.45) is 5.73 Å². The molecule has 0 spiro atoms. The molecule has 0 saturated carbocycles. The average molecular weight is 376 g/mol. The number of halogens is 2. The first-order valence-electron chi connectivity index (χ1n) is 8.87. The van der Waals surface area contributed by atoms with Crippen molar-refractivity contribution in [1.82, 2.24) is 24.8 Å². The minimum absolute atomic E-state index is 0.0830. The van der Waals surface area contributed by atoms with E-state index in [1.54, 1.807) is 0 Å². The maximum Gasteiger partial charge on any atom is 0.135 e.